The monoisotopic (exact) mass is 447 g/mol. The van der Waals surface area contributed by atoms with E-state index in [2.05, 4.69) is 43.3 Å². The summed E-state index contributed by atoms with van der Waals surface area (Å²) in [6.07, 6.45) is 3.48. The minimum absolute atomic E-state index is 0.234. The molecule has 3 aromatic rings. The molecule has 1 fully saturated rings. The highest BCUT2D eigenvalue weighted by Crippen LogP contribution is 2.28. The average molecular weight is 448 g/mol. The molecule has 2 bridgehead atoms. The summed E-state index contributed by atoms with van der Waals surface area (Å²) >= 11 is 0. The third kappa shape index (κ3) is 4.68. The van der Waals surface area contributed by atoms with E-state index in [9.17, 15) is 4.79 Å². The SMILES string of the molecule is CCN1CCN(c2ccc3c(c2)C(=O)Nc2cccc(n2)-c2nncn2CCCCO3)CC1. The van der Waals surface area contributed by atoms with Crippen LogP contribution < -0.4 is 15.0 Å². The Bertz CT molecular complexity index is 1120. The number of aromatic nitrogens is 4. The van der Waals surface area contributed by atoms with Crippen molar-refractivity contribution in [1.82, 2.24) is 24.6 Å². The fraction of sp³-hybridized carbons (Fsp3) is 0.417. The van der Waals surface area contributed by atoms with E-state index in [1.54, 1.807) is 12.4 Å². The van der Waals surface area contributed by atoms with E-state index in [0.717, 1.165) is 57.8 Å². The third-order valence-electron chi connectivity index (χ3n) is 6.28. The van der Waals surface area contributed by atoms with Crippen LogP contribution in [0.1, 0.15) is 30.1 Å². The van der Waals surface area contributed by atoms with Crippen LogP contribution in [0.25, 0.3) is 11.5 Å². The number of aryl methyl sites for hydroxylation is 1. The van der Waals surface area contributed by atoms with Gasteiger partial charge in [0.15, 0.2) is 5.82 Å². The molecule has 172 valence electrons. The quantitative estimate of drug-likeness (QED) is 0.646. The Morgan fingerprint density at radius 2 is 1.94 bits per heavy atom. The van der Waals surface area contributed by atoms with Gasteiger partial charge < -0.3 is 24.4 Å². The smallest absolute Gasteiger partial charge is 0.260 e. The van der Waals surface area contributed by atoms with Gasteiger partial charge in [0.2, 0.25) is 0 Å². The topological polar surface area (TPSA) is 88.4 Å². The summed E-state index contributed by atoms with van der Waals surface area (Å²) in [5, 5.41) is 11.2. The van der Waals surface area contributed by atoms with Crippen LogP contribution in [0.15, 0.2) is 42.7 Å². The Balaban J connectivity index is 1.45. The fourth-order valence-corrected chi connectivity index (χ4v) is 4.34. The molecular weight excluding hydrogens is 418 g/mol. The summed E-state index contributed by atoms with van der Waals surface area (Å²) in [6.45, 7) is 8.51. The Kier molecular flexibility index (Phi) is 6.21. The van der Waals surface area contributed by atoms with Crippen molar-refractivity contribution in [3.05, 3.63) is 48.3 Å². The molecule has 2 aliphatic rings. The number of nitrogens with zero attached hydrogens (tertiary/aromatic N) is 6. The van der Waals surface area contributed by atoms with Crippen LogP contribution in [-0.2, 0) is 6.54 Å². The van der Waals surface area contributed by atoms with Crippen molar-refractivity contribution in [2.75, 3.05) is 49.5 Å². The number of ether oxygens (including phenoxy) is 1. The number of carbonyl (C=O) groups is 1. The van der Waals surface area contributed by atoms with Crippen LogP contribution in [-0.4, -0.2) is 69.9 Å². The van der Waals surface area contributed by atoms with E-state index in [0.29, 0.717) is 35.3 Å². The van der Waals surface area contributed by atoms with Crippen LogP contribution >= 0.6 is 0 Å². The second-order valence-corrected chi connectivity index (χ2v) is 8.37. The summed E-state index contributed by atoms with van der Waals surface area (Å²) in [7, 11) is 0. The standard InChI is InChI=1S/C24H29N7O2/c1-2-29-11-13-30(14-12-29)18-8-9-21-19(16-18)24(32)27-22-7-5-6-20(26-22)23-28-25-17-31(23)10-3-4-15-33-21/h5-9,16-17H,2-4,10-15H2,1H3,(H,26,27,32). The number of pyridine rings is 1. The normalized spacial score (nSPS) is 17.4. The van der Waals surface area contributed by atoms with Crippen molar-refractivity contribution in [3.63, 3.8) is 0 Å². The van der Waals surface area contributed by atoms with Crippen LogP contribution in [0.3, 0.4) is 0 Å². The number of piperazine rings is 1. The lowest BCUT2D eigenvalue weighted by Crippen LogP contribution is -2.46. The predicted octanol–water partition coefficient (Wildman–Crippen LogP) is 2.91. The van der Waals surface area contributed by atoms with Crippen molar-refractivity contribution in [2.45, 2.75) is 26.3 Å². The van der Waals surface area contributed by atoms with Crippen molar-refractivity contribution < 1.29 is 9.53 Å². The molecule has 0 aliphatic carbocycles. The van der Waals surface area contributed by atoms with Gasteiger partial charge in [-0.2, -0.15) is 0 Å². The average Bonchev–Trinajstić information content (AvgIpc) is 3.32. The zero-order valence-corrected chi connectivity index (χ0v) is 18.9. The summed E-state index contributed by atoms with van der Waals surface area (Å²) in [4.78, 5) is 22.7. The lowest BCUT2D eigenvalue weighted by molar-refractivity contribution is 0.102. The van der Waals surface area contributed by atoms with E-state index in [1.165, 1.54) is 0 Å². The van der Waals surface area contributed by atoms with E-state index in [-0.39, 0.29) is 5.91 Å². The van der Waals surface area contributed by atoms with Gasteiger partial charge in [-0.25, -0.2) is 4.98 Å². The summed E-state index contributed by atoms with van der Waals surface area (Å²) in [5.41, 5.74) is 2.25. The number of benzene rings is 1. The fourth-order valence-electron chi connectivity index (χ4n) is 4.34. The van der Waals surface area contributed by atoms with E-state index < -0.39 is 0 Å². The maximum absolute atomic E-state index is 13.3. The van der Waals surface area contributed by atoms with Crippen molar-refractivity contribution >= 4 is 17.4 Å². The van der Waals surface area contributed by atoms with E-state index in [4.69, 9.17) is 4.74 Å². The molecule has 9 heteroatoms. The van der Waals surface area contributed by atoms with E-state index in [1.807, 2.05) is 28.8 Å². The highest BCUT2D eigenvalue weighted by atomic mass is 16.5. The molecule has 1 amide bonds. The van der Waals surface area contributed by atoms with Crippen LogP contribution in [0, 0.1) is 0 Å². The second kappa shape index (κ2) is 9.58. The number of nitrogens with one attached hydrogen (secondary N) is 1. The molecule has 2 aromatic heterocycles. The lowest BCUT2D eigenvalue weighted by atomic mass is 10.1. The molecule has 1 N–H and O–H groups in total. The maximum Gasteiger partial charge on any atom is 0.260 e. The lowest BCUT2D eigenvalue weighted by Gasteiger charge is -2.35. The molecule has 33 heavy (non-hydrogen) atoms. The molecule has 0 radical (unpaired) electrons. The third-order valence-corrected chi connectivity index (χ3v) is 6.28. The molecule has 2 aliphatic heterocycles. The Hall–Kier alpha value is -3.46. The predicted molar refractivity (Wildman–Crippen MR) is 127 cm³/mol. The highest BCUT2D eigenvalue weighted by Gasteiger charge is 2.21. The van der Waals surface area contributed by atoms with Crippen molar-refractivity contribution in [3.8, 4) is 17.3 Å². The van der Waals surface area contributed by atoms with Gasteiger partial charge in [-0.15, -0.1) is 10.2 Å². The molecule has 0 spiro atoms. The van der Waals surface area contributed by atoms with Crippen molar-refractivity contribution in [2.24, 2.45) is 0 Å². The molecule has 0 atom stereocenters. The minimum Gasteiger partial charge on any atom is -0.493 e. The summed E-state index contributed by atoms with van der Waals surface area (Å²) < 4.78 is 8.04. The number of hydrogen-bond acceptors (Lipinski definition) is 7. The van der Waals surface area contributed by atoms with Crippen LogP contribution in [0.2, 0.25) is 0 Å². The number of hydrogen-bond donors (Lipinski definition) is 1. The number of carbonyl (C=O) groups excluding carboxylic acids is 1. The first-order chi connectivity index (χ1) is 16.2. The van der Waals surface area contributed by atoms with Crippen LogP contribution in [0.4, 0.5) is 11.5 Å². The largest absolute Gasteiger partial charge is 0.493 e. The number of amides is 1. The van der Waals surface area contributed by atoms with Gasteiger partial charge in [0, 0.05) is 38.4 Å². The van der Waals surface area contributed by atoms with Gasteiger partial charge in [0.25, 0.3) is 5.91 Å². The maximum atomic E-state index is 13.3. The van der Waals surface area contributed by atoms with Gasteiger partial charge in [-0.05, 0) is 49.7 Å². The zero-order valence-electron chi connectivity index (χ0n) is 18.9. The molecule has 0 unspecified atom stereocenters. The molecule has 1 saturated heterocycles. The zero-order chi connectivity index (χ0) is 22.6. The molecule has 9 nitrogen and oxygen atoms in total. The van der Waals surface area contributed by atoms with Crippen molar-refractivity contribution in [1.29, 1.82) is 0 Å². The molecule has 4 heterocycles. The molecule has 0 saturated carbocycles. The first-order valence-corrected chi connectivity index (χ1v) is 11.6. The van der Waals surface area contributed by atoms with Gasteiger partial charge in [0.1, 0.15) is 23.6 Å². The number of rotatable bonds is 2. The minimum atomic E-state index is -0.234. The Labute approximate surface area is 193 Å². The molecule has 1 aromatic carbocycles. The first kappa shape index (κ1) is 21.4. The first-order valence-electron chi connectivity index (χ1n) is 11.6. The van der Waals surface area contributed by atoms with E-state index >= 15 is 0 Å². The number of anilines is 2. The Morgan fingerprint density at radius 3 is 2.79 bits per heavy atom. The van der Waals surface area contributed by atoms with Crippen LogP contribution in [0.5, 0.6) is 5.75 Å². The van der Waals surface area contributed by atoms with Gasteiger partial charge in [-0.3, -0.25) is 4.79 Å². The Morgan fingerprint density at radius 1 is 1.06 bits per heavy atom. The highest BCUT2D eigenvalue weighted by molar-refractivity contribution is 6.06. The van der Waals surface area contributed by atoms with Gasteiger partial charge in [0.05, 0.1) is 12.2 Å². The van der Waals surface area contributed by atoms with Gasteiger partial charge in [-0.1, -0.05) is 13.0 Å². The van der Waals surface area contributed by atoms with Gasteiger partial charge >= 0.3 is 0 Å². The second-order valence-electron chi connectivity index (χ2n) is 8.37. The molecule has 5 rings (SSSR count). The number of fused-ring (bicyclic) bond motifs is 5. The summed E-state index contributed by atoms with van der Waals surface area (Å²) in [5.74, 6) is 1.53. The molecular formula is C24H29N7O2. The summed E-state index contributed by atoms with van der Waals surface area (Å²) in [6, 6.07) is 11.4. The number of likely N-dealkylation sites (N-methyl/N-ethyl adjacent to an activating group) is 1.